The van der Waals surface area contributed by atoms with E-state index in [2.05, 4.69) is 5.32 Å². The molecule has 1 N–H and O–H groups in total. The second-order valence-corrected chi connectivity index (χ2v) is 12.5. The van der Waals surface area contributed by atoms with Gasteiger partial charge in [-0.25, -0.2) is 13.2 Å². The van der Waals surface area contributed by atoms with Crippen molar-refractivity contribution in [1.29, 1.82) is 0 Å². The van der Waals surface area contributed by atoms with E-state index in [-0.39, 0.29) is 42.7 Å². The number of carbonyl (C=O) groups excluding carboxylic acids is 1. The van der Waals surface area contributed by atoms with E-state index in [0.29, 0.717) is 18.8 Å². The van der Waals surface area contributed by atoms with Crippen molar-refractivity contribution in [3.05, 3.63) is 60.2 Å². The van der Waals surface area contributed by atoms with Gasteiger partial charge in [0.1, 0.15) is 11.9 Å². The van der Waals surface area contributed by atoms with E-state index in [1.807, 2.05) is 44.2 Å². The predicted molar refractivity (Wildman–Crippen MR) is 149 cm³/mol. The zero-order valence-corrected chi connectivity index (χ0v) is 24.3. The molecule has 0 bridgehead atoms. The summed E-state index contributed by atoms with van der Waals surface area (Å²) in [5.41, 5.74) is 0.969. The van der Waals surface area contributed by atoms with Crippen molar-refractivity contribution in [2.45, 2.75) is 56.1 Å². The summed E-state index contributed by atoms with van der Waals surface area (Å²) in [4.78, 5) is 13.3. The number of carbonyl (C=O) groups is 1. The molecule has 2 heterocycles. The van der Waals surface area contributed by atoms with Crippen LogP contribution in [-0.4, -0.2) is 83.9 Å². The SMILES string of the molecule is COc1ccc(S(=O)(=O)N(CC(C)C)C[C@@H](OC)[C@H](Cc2ccccc2)NC(=O)O[C@H]2CO[C@H]3OCC[C@H]32)cc1. The van der Waals surface area contributed by atoms with Crippen molar-refractivity contribution in [3.63, 3.8) is 0 Å². The Morgan fingerprint density at radius 3 is 2.42 bits per heavy atom. The topological polar surface area (TPSA) is 113 Å². The summed E-state index contributed by atoms with van der Waals surface area (Å²) in [5.74, 6) is 0.630. The third-order valence-electron chi connectivity index (χ3n) is 7.25. The van der Waals surface area contributed by atoms with Crippen LogP contribution in [0, 0.1) is 11.8 Å². The molecule has 40 heavy (non-hydrogen) atoms. The number of amides is 1. The Labute approximate surface area is 236 Å². The Bertz CT molecular complexity index is 1190. The van der Waals surface area contributed by atoms with Crippen LogP contribution in [0.25, 0.3) is 0 Å². The highest BCUT2D eigenvalue weighted by Gasteiger charge is 2.44. The number of hydrogen-bond acceptors (Lipinski definition) is 8. The molecule has 0 unspecified atom stereocenters. The molecule has 2 fully saturated rings. The molecular formula is C29H40N2O8S. The van der Waals surface area contributed by atoms with Crippen LogP contribution < -0.4 is 10.1 Å². The van der Waals surface area contributed by atoms with Gasteiger partial charge in [0.25, 0.3) is 0 Å². The van der Waals surface area contributed by atoms with Crippen LogP contribution in [0.2, 0.25) is 0 Å². The maximum Gasteiger partial charge on any atom is 0.407 e. The minimum Gasteiger partial charge on any atom is -0.497 e. The van der Waals surface area contributed by atoms with Crippen molar-refractivity contribution in [1.82, 2.24) is 9.62 Å². The van der Waals surface area contributed by atoms with Gasteiger partial charge in [-0.1, -0.05) is 44.2 Å². The van der Waals surface area contributed by atoms with Gasteiger partial charge in [0.05, 0.1) is 43.3 Å². The monoisotopic (exact) mass is 576 g/mol. The van der Waals surface area contributed by atoms with E-state index in [0.717, 1.165) is 12.0 Å². The van der Waals surface area contributed by atoms with Crippen LogP contribution in [0.4, 0.5) is 4.79 Å². The van der Waals surface area contributed by atoms with Crippen LogP contribution in [0.3, 0.4) is 0 Å². The molecule has 10 nitrogen and oxygen atoms in total. The van der Waals surface area contributed by atoms with Crippen LogP contribution in [0.5, 0.6) is 5.75 Å². The number of fused-ring (bicyclic) bond motifs is 1. The average molecular weight is 577 g/mol. The van der Waals surface area contributed by atoms with E-state index in [1.54, 1.807) is 12.1 Å². The van der Waals surface area contributed by atoms with E-state index in [4.69, 9.17) is 23.7 Å². The van der Waals surface area contributed by atoms with Gasteiger partial charge in [-0.15, -0.1) is 0 Å². The molecule has 0 aromatic heterocycles. The molecule has 2 aromatic carbocycles. The van der Waals surface area contributed by atoms with Crippen molar-refractivity contribution in [2.24, 2.45) is 11.8 Å². The van der Waals surface area contributed by atoms with Gasteiger partial charge in [-0.2, -0.15) is 4.31 Å². The first-order chi connectivity index (χ1) is 19.2. The van der Waals surface area contributed by atoms with E-state index in [1.165, 1.54) is 30.7 Å². The standard InChI is InChI=1S/C29H40N2O8S/c1-20(2)17-31(40(33,34)23-12-10-22(35-3)11-13-23)18-26(36-4)25(16-21-8-6-5-7-9-21)30-29(32)39-27-19-38-28-24(27)14-15-37-28/h5-13,20,24-28H,14-19H2,1-4H3,(H,30,32)/t24-,25-,26+,27-,28+/m0/s1. The van der Waals surface area contributed by atoms with Crippen molar-refractivity contribution in [2.75, 3.05) is 40.5 Å². The molecule has 5 atom stereocenters. The summed E-state index contributed by atoms with van der Waals surface area (Å²) in [7, 11) is -0.814. The van der Waals surface area contributed by atoms with Gasteiger partial charge in [0, 0.05) is 20.2 Å². The van der Waals surface area contributed by atoms with Crippen LogP contribution >= 0.6 is 0 Å². The van der Waals surface area contributed by atoms with Gasteiger partial charge in [0.2, 0.25) is 10.0 Å². The molecule has 0 radical (unpaired) electrons. The molecule has 2 aliphatic heterocycles. The highest BCUT2D eigenvalue weighted by Crippen LogP contribution is 2.33. The Hall–Kier alpha value is -2.70. The van der Waals surface area contributed by atoms with E-state index >= 15 is 0 Å². The number of methoxy groups -OCH3 is 2. The average Bonchev–Trinajstić information content (AvgIpc) is 3.56. The number of hydrogen-bond donors (Lipinski definition) is 1. The molecule has 11 heteroatoms. The van der Waals surface area contributed by atoms with Gasteiger partial charge in [-0.3, -0.25) is 0 Å². The fourth-order valence-corrected chi connectivity index (χ4v) is 6.77. The number of nitrogens with one attached hydrogen (secondary N) is 1. The molecule has 2 aromatic rings. The summed E-state index contributed by atoms with van der Waals surface area (Å²) < 4.78 is 56.9. The van der Waals surface area contributed by atoms with Crippen molar-refractivity contribution >= 4 is 16.1 Å². The Morgan fingerprint density at radius 2 is 1.77 bits per heavy atom. The molecular weight excluding hydrogens is 536 g/mol. The Morgan fingerprint density at radius 1 is 1.05 bits per heavy atom. The van der Waals surface area contributed by atoms with Gasteiger partial charge < -0.3 is 29.0 Å². The summed E-state index contributed by atoms with van der Waals surface area (Å²) in [6.07, 6.45) is -0.817. The Balaban J connectivity index is 1.54. The second kappa shape index (κ2) is 13.8. The van der Waals surface area contributed by atoms with Crippen LogP contribution in [0.15, 0.2) is 59.5 Å². The lowest BCUT2D eigenvalue weighted by atomic mass is 10.0. The first-order valence-corrected chi connectivity index (χ1v) is 15.1. The van der Waals surface area contributed by atoms with Gasteiger partial charge in [0.15, 0.2) is 6.29 Å². The molecule has 0 saturated carbocycles. The second-order valence-electron chi connectivity index (χ2n) is 10.6. The smallest absolute Gasteiger partial charge is 0.407 e. The lowest BCUT2D eigenvalue weighted by molar-refractivity contribution is -0.0907. The number of rotatable bonds is 13. The van der Waals surface area contributed by atoms with E-state index < -0.39 is 34.4 Å². The number of nitrogens with zero attached hydrogens (tertiary/aromatic N) is 1. The van der Waals surface area contributed by atoms with Crippen molar-refractivity contribution < 1.29 is 36.9 Å². The summed E-state index contributed by atoms with van der Waals surface area (Å²) in [6.45, 7) is 5.08. The number of alkyl carbamates (subject to hydrolysis) is 1. The largest absolute Gasteiger partial charge is 0.497 e. The molecule has 2 aliphatic rings. The van der Waals surface area contributed by atoms with Gasteiger partial charge in [-0.05, 0) is 48.6 Å². The molecule has 220 valence electrons. The molecule has 1 amide bonds. The maximum atomic E-state index is 13.7. The first kappa shape index (κ1) is 30.3. The third kappa shape index (κ3) is 7.52. The predicted octanol–water partition coefficient (Wildman–Crippen LogP) is 3.46. The van der Waals surface area contributed by atoms with Crippen LogP contribution in [-0.2, 0) is 35.4 Å². The summed E-state index contributed by atoms with van der Waals surface area (Å²) in [6, 6.07) is 15.4. The highest BCUT2D eigenvalue weighted by molar-refractivity contribution is 7.89. The number of ether oxygens (including phenoxy) is 5. The minimum atomic E-state index is -3.87. The lowest BCUT2D eigenvalue weighted by Crippen LogP contribution is -2.52. The normalized spacial score (nSPS) is 22.2. The summed E-state index contributed by atoms with van der Waals surface area (Å²) in [5, 5.41) is 2.97. The molecule has 4 rings (SSSR count). The molecule has 0 aliphatic carbocycles. The highest BCUT2D eigenvalue weighted by atomic mass is 32.2. The maximum absolute atomic E-state index is 13.7. The summed E-state index contributed by atoms with van der Waals surface area (Å²) >= 11 is 0. The number of sulfonamides is 1. The zero-order valence-electron chi connectivity index (χ0n) is 23.5. The first-order valence-electron chi connectivity index (χ1n) is 13.6. The third-order valence-corrected chi connectivity index (χ3v) is 9.09. The molecule has 2 saturated heterocycles. The lowest BCUT2D eigenvalue weighted by Gasteiger charge is -2.33. The van der Waals surface area contributed by atoms with Gasteiger partial charge >= 0.3 is 6.09 Å². The zero-order chi connectivity index (χ0) is 28.7. The quantitative estimate of drug-likeness (QED) is 0.386. The molecule has 0 spiro atoms. The van der Waals surface area contributed by atoms with Crippen molar-refractivity contribution in [3.8, 4) is 5.75 Å². The fourth-order valence-electron chi connectivity index (χ4n) is 5.16. The van der Waals surface area contributed by atoms with E-state index in [9.17, 15) is 13.2 Å². The fraction of sp³-hybridized carbons (Fsp3) is 0.552. The number of benzene rings is 2. The van der Waals surface area contributed by atoms with Crippen LogP contribution in [0.1, 0.15) is 25.8 Å². The minimum absolute atomic E-state index is 0.00715. The Kier molecular flexibility index (Phi) is 10.4.